The first-order chi connectivity index (χ1) is 9.24. The van der Waals surface area contributed by atoms with Crippen LogP contribution in [0.2, 0.25) is 0 Å². The molecule has 0 spiro atoms. The number of hydrogen-bond donors (Lipinski definition) is 2. The van der Waals surface area contributed by atoms with Gasteiger partial charge in [0.15, 0.2) is 11.5 Å². The molecular formula is C14H20N2O3. The Hall–Kier alpha value is -1.75. The number of hydrogen-bond acceptors (Lipinski definition) is 4. The van der Waals surface area contributed by atoms with Crippen molar-refractivity contribution in [1.29, 1.82) is 0 Å². The Kier molecular flexibility index (Phi) is 4.63. The van der Waals surface area contributed by atoms with Gasteiger partial charge in [0.05, 0.1) is 0 Å². The molecule has 1 aromatic rings. The molecule has 1 aromatic carbocycles. The van der Waals surface area contributed by atoms with Crippen molar-refractivity contribution in [2.45, 2.75) is 19.8 Å². The summed E-state index contributed by atoms with van der Waals surface area (Å²) in [6.45, 7) is 3.25. The highest BCUT2D eigenvalue weighted by Crippen LogP contribution is 2.32. The van der Waals surface area contributed by atoms with E-state index in [9.17, 15) is 4.79 Å². The lowest BCUT2D eigenvalue weighted by atomic mass is 10.1. The van der Waals surface area contributed by atoms with E-state index in [2.05, 4.69) is 5.32 Å². The fourth-order valence-corrected chi connectivity index (χ4v) is 2.03. The molecule has 1 atom stereocenters. The summed E-state index contributed by atoms with van der Waals surface area (Å²) in [4.78, 5) is 11.7. The molecule has 1 aliphatic rings. The molecule has 2 rings (SSSR count). The molecule has 0 aromatic heterocycles. The van der Waals surface area contributed by atoms with E-state index in [1.165, 1.54) is 0 Å². The number of ether oxygens (including phenoxy) is 2. The largest absolute Gasteiger partial charge is 0.454 e. The van der Waals surface area contributed by atoms with Gasteiger partial charge in [0.2, 0.25) is 12.7 Å². The molecule has 0 fully saturated rings. The van der Waals surface area contributed by atoms with E-state index in [0.717, 1.165) is 29.9 Å². The summed E-state index contributed by atoms with van der Waals surface area (Å²) in [6.07, 6.45) is 1.54. The minimum atomic E-state index is -0.0863. The first kappa shape index (κ1) is 13.7. The quantitative estimate of drug-likeness (QED) is 0.805. The number of fused-ring (bicyclic) bond motifs is 1. The van der Waals surface area contributed by atoms with Crippen molar-refractivity contribution in [2.75, 3.05) is 19.9 Å². The van der Waals surface area contributed by atoms with Crippen LogP contribution in [0.5, 0.6) is 11.5 Å². The monoisotopic (exact) mass is 264 g/mol. The number of carbonyl (C=O) groups is 1. The number of nitrogens with one attached hydrogen (secondary N) is 1. The average Bonchev–Trinajstić information content (AvgIpc) is 2.87. The summed E-state index contributed by atoms with van der Waals surface area (Å²) >= 11 is 0. The van der Waals surface area contributed by atoms with Crippen LogP contribution in [0.15, 0.2) is 18.2 Å². The van der Waals surface area contributed by atoms with Gasteiger partial charge >= 0.3 is 0 Å². The van der Waals surface area contributed by atoms with E-state index in [1.807, 2.05) is 25.1 Å². The van der Waals surface area contributed by atoms with Crippen LogP contribution in [0.25, 0.3) is 0 Å². The van der Waals surface area contributed by atoms with Crippen molar-refractivity contribution in [2.24, 2.45) is 11.7 Å². The van der Waals surface area contributed by atoms with Gasteiger partial charge in [-0.1, -0.05) is 13.0 Å². The Morgan fingerprint density at radius 2 is 2.21 bits per heavy atom. The van der Waals surface area contributed by atoms with Gasteiger partial charge in [-0.3, -0.25) is 4.79 Å². The minimum absolute atomic E-state index is 0.0331. The molecule has 5 heteroatoms. The summed E-state index contributed by atoms with van der Waals surface area (Å²) in [5.41, 5.74) is 6.65. The molecule has 0 aliphatic carbocycles. The predicted molar refractivity (Wildman–Crippen MR) is 72.1 cm³/mol. The molecule has 5 nitrogen and oxygen atoms in total. The van der Waals surface area contributed by atoms with Gasteiger partial charge < -0.3 is 20.5 Å². The van der Waals surface area contributed by atoms with E-state index in [0.29, 0.717) is 13.1 Å². The second-order valence-corrected chi connectivity index (χ2v) is 4.57. The summed E-state index contributed by atoms with van der Waals surface area (Å²) < 4.78 is 10.6. The fourth-order valence-electron chi connectivity index (χ4n) is 2.03. The SMILES string of the molecule is CCC(CN)C(=O)NCCc1ccc2c(c1)OCO2. The zero-order chi connectivity index (χ0) is 13.7. The third-order valence-electron chi connectivity index (χ3n) is 3.30. The van der Waals surface area contributed by atoms with Gasteiger partial charge in [-0.25, -0.2) is 0 Å². The third kappa shape index (κ3) is 3.38. The van der Waals surface area contributed by atoms with Crippen LogP contribution >= 0.6 is 0 Å². The van der Waals surface area contributed by atoms with E-state index in [-0.39, 0.29) is 18.6 Å². The van der Waals surface area contributed by atoms with Crippen molar-refractivity contribution >= 4 is 5.91 Å². The van der Waals surface area contributed by atoms with Crippen molar-refractivity contribution in [3.8, 4) is 11.5 Å². The summed E-state index contributed by atoms with van der Waals surface area (Å²) in [6, 6.07) is 5.84. The van der Waals surface area contributed by atoms with Gasteiger partial charge in [-0.2, -0.15) is 0 Å². The number of amides is 1. The van der Waals surface area contributed by atoms with Crippen LogP contribution in [0.1, 0.15) is 18.9 Å². The highest BCUT2D eigenvalue weighted by molar-refractivity contribution is 5.78. The van der Waals surface area contributed by atoms with Crippen molar-refractivity contribution < 1.29 is 14.3 Å². The molecule has 19 heavy (non-hydrogen) atoms. The van der Waals surface area contributed by atoms with E-state index >= 15 is 0 Å². The minimum Gasteiger partial charge on any atom is -0.454 e. The Balaban J connectivity index is 1.81. The number of carbonyl (C=O) groups excluding carboxylic acids is 1. The highest BCUT2D eigenvalue weighted by atomic mass is 16.7. The van der Waals surface area contributed by atoms with E-state index in [1.54, 1.807) is 0 Å². The lowest BCUT2D eigenvalue weighted by Gasteiger charge is -2.12. The van der Waals surface area contributed by atoms with Crippen LogP contribution in [-0.2, 0) is 11.2 Å². The highest BCUT2D eigenvalue weighted by Gasteiger charge is 2.15. The average molecular weight is 264 g/mol. The molecule has 1 unspecified atom stereocenters. The fraction of sp³-hybridized carbons (Fsp3) is 0.500. The molecule has 1 heterocycles. The standard InChI is InChI=1S/C14H20N2O3/c1-2-11(8-15)14(17)16-6-5-10-3-4-12-13(7-10)19-9-18-12/h3-4,7,11H,2,5-6,8-9,15H2,1H3,(H,16,17). The molecule has 0 saturated carbocycles. The molecule has 0 bridgehead atoms. The zero-order valence-corrected chi connectivity index (χ0v) is 11.1. The number of nitrogens with two attached hydrogens (primary N) is 1. The van der Waals surface area contributed by atoms with Crippen LogP contribution in [0.3, 0.4) is 0 Å². The summed E-state index contributed by atoms with van der Waals surface area (Å²) in [7, 11) is 0. The Bertz CT molecular complexity index is 444. The van der Waals surface area contributed by atoms with Crippen molar-refractivity contribution in [3.63, 3.8) is 0 Å². The van der Waals surface area contributed by atoms with Crippen molar-refractivity contribution in [3.05, 3.63) is 23.8 Å². The number of rotatable bonds is 6. The maximum absolute atomic E-state index is 11.7. The zero-order valence-electron chi connectivity index (χ0n) is 11.1. The first-order valence-corrected chi connectivity index (χ1v) is 6.61. The van der Waals surface area contributed by atoms with Gasteiger partial charge in [0, 0.05) is 19.0 Å². The molecule has 104 valence electrons. The molecule has 1 amide bonds. The van der Waals surface area contributed by atoms with Crippen molar-refractivity contribution in [1.82, 2.24) is 5.32 Å². The van der Waals surface area contributed by atoms with E-state index < -0.39 is 0 Å². The number of benzene rings is 1. The first-order valence-electron chi connectivity index (χ1n) is 6.61. The van der Waals surface area contributed by atoms with E-state index in [4.69, 9.17) is 15.2 Å². The summed E-state index contributed by atoms with van der Waals surface area (Å²) in [5, 5.41) is 2.91. The Labute approximate surface area is 113 Å². The smallest absolute Gasteiger partial charge is 0.231 e. The maximum atomic E-state index is 11.7. The Morgan fingerprint density at radius 3 is 2.95 bits per heavy atom. The normalized spacial score (nSPS) is 14.2. The van der Waals surface area contributed by atoms with Gasteiger partial charge in [0.25, 0.3) is 0 Å². The van der Waals surface area contributed by atoms with Gasteiger partial charge in [-0.05, 0) is 30.5 Å². The second-order valence-electron chi connectivity index (χ2n) is 4.57. The molecule has 0 radical (unpaired) electrons. The molecule has 3 N–H and O–H groups in total. The predicted octanol–water partition coefficient (Wildman–Crippen LogP) is 1.06. The van der Waals surface area contributed by atoms with Crippen LogP contribution < -0.4 is 20.5 Å². The topological polar surface area (TPSA) is 73.6 Å². The van der Waals surface area contributed by atoms with Crippen LogP contribution in [0.4, 0.5) is 0 Å². The molecule has 1 aliphatic heterocycles. The lowest BCUT2D eigenvalue weighted by molar-refractivity contribution is -0.124. The Morgan fingerprint density at radius 1 is 1.42 bits per heavy atom. The maximum Gasteiger partial charge on any atom is 0.231 e. The molecule has 0 saturated heterocycles. The van der Waals surface area contributed by atoms with Crippen LogP contribution in [0, 0.1) is 5.92 Å². The van der Waals surface area contributed by atoms with Crippen LogP contribution in [-0.4, -0.2) is 25.8 Å². The molecular weight excluding hydrogens is 244 g/mol. The van der Waals surface area contributed by atoms with Gasteiger partial charge in [-0.15, -0.1) is 0 Å². The van der Waals surface area contributed by atoms with Gasteiger partial charge in [0.1, 0.15) is 0 Å². The summed E-state index contributed by atoms with van der Waals surface area (Å²) in [5.74, 6) is 1.50. The lowest BCUT2D eigenvalue weighted by Crippen LogP contribution is -2.35. The third-order valence-corrected chi connectivity index (χ3v) is 3.30. The second kappa shape index (κ2) is 6.43.